The van der Waals surface area contributed by atoms with E-state index in [1.165, 1.54) is 0 Å². The number of anilines is 2. The van der Waals surface area contributed by atoms with Crippen LogP contribution in [0, 0.1) is 0 Å². The van der Waals surface area contributed by atoms with Gasteiger partial charge in [-0.05, 0) is 23.3 Å². The average molecular weight is 392 g/mol. The van der Waals surface area contributed by atoms with Crippen LogP contribution in [-0.2, 0) is 11.4 Å². The number of nitrogens with one attached hydrogen (secondary N) is 2. The summed E-state index contributed by atoms with van der Waals surface area (Å²) in [5, 5.41) is 2.61. The SMILES string of the molecule is COc1cc([C@H]2CC(=O)Nc3nc(N)[nH]c(=O)c32)ccc1OCc1ccccc1. The van der Waals surface area contributed by atoms with E-state index >= 15 is 0 Å². The maximum Gasteiger partial charge on any atom is 0.258 e. The summed E-state index contributed by atoms with van der Waals surface area (Å²) in [6.45, 7) is 0.397. The molecule has 8 nitrogen and oxygen atoms in total. The second kappa shape index (κ2) is 7.67. The third-order valence-electron chi connectivity index (χ3n) is 4.80. The standard InChI is InChI=1S/C21H20N4O4/c1-28-16-9-13(7-8-15(16)29-11-12-5-3-2-4-6-12)14-10-17(26)23-19-18(14)20(27)25-21(22)24-19/h2-9,14H,10-11H2,1H3,(H4,22,23,24,25,26,27)/t14-/m1/s1. The summed E-state index contributed by atoms with van der Waals surface area (Å²) in [6.07, 6.45) is 0.120. The van der Waals surface area contributed by atoms with Crippen molar-refractivity contribution in [1.82, 2.24) is 9.97 Å². The summed E-state index contributed by atoms with van der Waals surface area (Å²) in [5.74, 6) is 0.541. The lowest BCUT2D eigenvalue weighted by molar-refractivity contribution is -0.116. The first-order valence-electron chi connectivity index (χ1n) is 9.09. The van der Waals surface area contributed by atoms with Gasteiger partial charge in [0.25, 0.3) is 5.56 Å². The Morgan fingerprint density at radius 1 is 1.14 bits per heavy atom. The summed E-state index contributed by atoms with van der Waals surface area (Å²) in [7, 11) is 1.55. The maximum absolute atomic E-state index is 12.5. The molecule has 1 aliphatic heterocycles. The Kier molecular flexibility index (Phi) is 4.90. The Morgan fingerprint density at radius 3 is 2.69 bits per heavy atom. The van der Waals surface area contributed by atoms with Gasteiger partial charge in [-0.25, -0.2) is 0 Å². The van der Waals surface area contributed by atoms with E-state index in [0.29, 0.717) is 23.7 Å². The molecule has 8 heteroatoms. The zero-order valence-electron chi connectivity index (χ0n) is 15.8. The zero-order valence-corrected chi connectivity index (χ0v) is 15.8. The van der Waals surface area contributed by atoms with Crippen LogP contribution in [0.1, 0.15) is 29.0 Å². The van der Waals surface area contributed by atoms with Crippen LogP contribution in [0.4, 0.5) is 11.8 Å². The van der Waals surface area contributed by atoms with Crippen molar-refractivity contribution in [3.05, 3.63) is 75.6 Å². The van der Waals surface area contributed by atoms with E-state index in [0.717, 1.165) is 11.1 Å². The van der Waals surface area contributed by atoms with Crippen molar-refractivity contribution in [2.75, 3.05) is 18.2 Å². The van der Waals surface area contributed by atoms with E-state index in [9.17, 15) is 9.59 Å². The van der Waals surface area contributed by atoms with Gasteiger partial charge in [0.05, 0.1) is 12.7 Å². The van der Waals surface area contributed by atoms with Crippen molar-refractivity contribution >= 4 is 17.7 Å². The predicted octanol–water partition coefficient (Wildman–Crippen LogP) is 2.41. The smallest absolute Gasteiger partial charge is 0.258 e. The van der Waals surface area contributed by atoms with E-state index in [-0.39, 0.29) is 29.7 Å². The lowest BCUT2D eigenvalue weighted by Crippen LogP contribution is -2.31. The first-order valence-corrected chi connectivity index (χ1v) is 9.09. The molecule has 1 atom stereocenters. The summed E-state index contributed by atoms with van der Waals surface area (Å²) >= 11 is 0. The molecular weight excluding hydrogens is 372 g/mol. The molecule has 2 heterocycles. The maximum atomic E-state index is 12.5. The average Bonchev–Trinajstić information content (AvgIpc) is 2.71. The second-order valence-electron chi connectivity index (χ2n) is 6.70. The Labute approximate surface area is 166 Å². The number of H-pyrrole nitrogens is 1. The normalized spacial score (nSPS) is 15.3. The number of fused-ring (bicyclic) bond motifs is 1. The molecule has 0 radical (unpaired) electrons. The molecule has 4 N–H and O–H groups in total. The Morgan fingerprint density at radius 2 is 1.93 bits per heavy atom. The number of nitrogens with two attached hydrogens (primary N) is 1. The number of hydrogen-bond acceptors (Lipinski definition) is 6. The molecule has 2 aromatic carbocycles. The molecule has 0 fully saturated rings. The number of carbonyl (C=O) groups excluding carboxylic acids is 1. The number of nitrogens with zero attached hydrogens (tertiary/aromatic N) is 1. The number of rotatable bonds is 5. The van der Waals surface area contributed by atoms with Gasteiger partial charge < -0.3 is 20.5 Å². The Bertz CT molecular complexity index is 1110. The van der Waals surface area contributed by atoms with Crippen LogP contribution in [0.25, 0.3) is 0 Å². The zero-order chi connectivity index (χ0) is 20.4. The molecule has 3 aromatic rings. The molecule has 0 spiro atoms. The van der Waals surface area contributed by atoms with Crippen molar-refractivity contribution in [1.29, 1.82) is 0 Å². The highest BCUT2D eigenvalue weighted by atomic mass is 16.5. The minimum absolute atomic E-state index is 0.0445. The summed E-state index contributed by atoms with van der Waals surface area (Å²) in [4.78, 5) is 31.2. The minimum atomic E-state index is -0.465. The lowest BCUT2D eigenvalue weighted by atomic mass is 9.86. The number of methoxy groups -OCH3 is 1. The van der Waals surface area contributed by atoms with Crippen LogP contribution in [0.15, 0.2) is 53.3 Å². The minimum Gasteiger partial charge on any atom is -0.493 e. The van der Waals surface area contributed by atoms with E-state index in [1.807, 2.05) is 36.4 Å². The predicted molar refractivity (Wildman–Crippen MR) is 108 cm³/mol. The van der Waals surface area contributed by atoms with E-state index in [1.54, 1.807) is 19.2 Å². The monoisotopic (exact) mass is 392 g/mol. The molecule has 148 valence electrons. The molecule has 0 aliphatic carbocycles. The first-order chi connectivity index (χ1) is 14.0. The number of ether oxygens (including phenoxy) is 2. The number of aromatic nitrogens is 2. The summed E-state index contributed by atoms with van der Waals surface area (Å²) in [6, 6.07) is 15.2. The highest BCUT2D eigenvalue weighted by molar-refractivity contribution is 5.94. The third-order valence-corrected chi connectivity index (χ3v) is 4.80. The van der Waals surface area contributed by atoms with Crippen molar-refractivity contribution < 1.29 is 14.3 Å². The van der Waals surface area contributed by atoms with Crippen molar-refractivity contribution in [3.63, 3.8) is 0 Å². The number of aromatic amines is 1. The number of benzene rings is 2. The van der Waals surface area contributed by atoms with Gasteiger partial charge in [-0.2, -0.15) is 4.98 Å². The fourth-order valence-corrected chi connectivity index (χ4v) is 3.43. The van der Waals surface area contributed by atoms with Crippen LogP contribution < -0.4 is 26.1 Å². The second-order valence-corrected chi connectivity index (χ2v) is 6.70. The first kappa shape index (κ1) is 18.5. The van der Waals surface area contributed by atoms with Crippen LogP contribution >= 0.6 is 0 Å². The largest absolute Gasteiger partial charge is 0.493 e. The van der Waals surface area contributed by atoms with Gasteiger partial charge in [0.1, 0.15) is 12.4 Å². The van der Waals surface area contributed by atoms with Gasteiger partial charge in [-0.15, -0.1) is 0 Å². The molecule has 4 rings (SSSR count). The number of carbonyl (C=O) groups is 1. The van der Waals surface area contributed by atoms with E-state index in [2.05, 4.69) is 15.3 Å². The van der Waals surface area contributed by atoms with Gasteiger partial charge >= 0.3 is 0 Å². The highest BCUT2D eigenvalue weighted by Gasteiger charge is 2.31. The molecule has 1 amide bonds. The molecule has 0 bridgehead atoms. The molecule has 1 aliphatic rings. The number of nitrogen functional groups attached to an aromatic ring is 1. The van der Waals surface area contributed by atoms with Crippen LogP contribution in [0.2, 0.25) is 0 Å². The molecule has 0 unspecified atom stereocenters. The van der Waals surface area contributed by atoms with Gasteiger partial charge in [-0.3, -0.25) is 14.6 Å². The Balaban J connectivity index is 1.66. The van der Waals surface area contributed by atoms with Crippen molar-refractivity contribution in [2.24, 2.45) is 0 Å². The van der Waals surface area contributed by atoms with Crippen molar-refractivity contribution in [2.45, 2.75) is 18.9 Å². The highest BCUT2D eigenvalue weighted by Crippen LogP contribution is 2.38. The van der Waals surface area contributed by atoms with Gasteiger partial charge in [-0.1, -0.05) is 36.4 Å². The molecule has 0 saturated carbocycles. The van der Waals surface area contributed by atoms with Crippen molar-refractivity contribution in [3.8, 4) is 11.5 Å². The van der Waals surface area contributed by atoms with Crippen LogP contribution in [-0.4, -0.2) is 23.0 Å². The lowest BCUT2D eigenvalue weighted by Gasteiger charge is -2.25. The molecule has 1 aromatic heterocycles. The molecule has 29 heavy (non-hydrogen) atoms. The van der Waals surface area contributed by atoms with Gasteiger partial charge in [0.15, 0.2) is 11.5 Å². The quantitative estimate of drug-likeness (QED) is 0.613. The van der Waals surface area contributed by atoms with E-state index in [4.69, 9.17) is 15.2 Å². The fraction of sp³-hybridized carbons (Fsp3) is 0.190. The molecular formula is C21H20N4O4. The number of amides is 1. The summed E-state index contributed by atoms with van der Waals surface area (Å²) < 4.78 is 11.4. The topological polar surface area (TPSA) is 119 Å². The van der Waals surface area contributed by atoms with Crippen LogP contribution in [0.5, 0.6) is 11.5 Å². The van der Waals surface area contributed by atoms with Gasteiger partial charge in [0, 0.05) is 12.3 Å². The third kappa shape index (κ3) is 3.77. The fourth-order valence-electron chi connectivity index (χ4n) is 3.43. The Hall–Kier alpha value is -3.81. The number of hydrogen-bond donors (Lipinski definition) is 3. The van der Waals surface area contributed by atoms with Gasteiger partial charge in [0.2, 0.25) is 11.9 Å². The molecule has 0 saturated heterocycles. The van der Waals surface area contributed by atoms with Crippen LogP contribution in [0.3, 0.4) is 0 Å². The summed E-state index contributed by atoms with van der Waals surface area (Å²) in [5.41, 5.74) is 7.39. The van der Waals surface area contributed by atoms with E-state index < -0.39 is 5.92 Å².